The molecule has 1 heterocycles. The van der Waals surface area contributed by atoms with Gasteiger partial charge in [0.15, 0.2) is 0 Å². The molecule has 0 aromatic heterocycles. The van der Waals surface area contributed by atoms with Gasteiger partial charge in [-0.15, -0.1) is 0 Å². The smallest absolute Gasteiger partial charge is 0.328 e. The van der Waals surface area contributed by atoms with Crippen molar-refractivity contribution in [2.75, 3.05) is 6.61 Å². The Hall–Kier alpha value is -1.10. The first-order chi connectivity index (χ1) is 6.09. The number of hydrogen-bond donors (Lipinski definition) is 2. The van der Waals surface area contributed by atoms with E-state index in [2.05, 4.69) is 10.1 Å². The zero-order chi connectivity index (χ0) is 9.84. The summed E-state index contributed by atoms with van der Waals surface area (Å²) in [6.45, 7) is 1.88. The highest BCUT2D eigenvalue weighted by atomic mass is 16.5. The number of amides is 1. The molecular weight excluding hydrogens is 174 g/mol. The minimum atomic E-state index is -0.683. The number of aliphatic hydroxyl groups is 1. The number of aliphatic hydroxyl groups excluding tert-OH is 1. The lowest BCUT2D eigenvalue weighted by atomic mass is 10.2. The summed E-state index contributed by atoms with van der Waals surface area (Å²) in [6.07, 6.45) is -0.147. The number of carbonyl (C=O) groups excluding carboxylic acids is 2. The molecule has 5 nitrogen and oxygen atoms in total. The molecule has 2 unspecified atom stereocenters. The molecule has 1 rings (SSSR count). The average molecular weight is 187 g/mol. The summed E-state index contributed by atoms with van der Waals surface area (Å²) in [6, 6.07) is -0.522. The van der Waals surface area contributed by atoms with Crippen molar-refractivity contribution in [3.05, 3.63) is 0 Å². The molecule has 1 fully saturated rings. The molecule has 2 atom stereocenters. The maximum atomic E-state index is 11.1. The van der Waals surface area contributed by atoms with Gasteiger partial charge in [0.05, 0.1) is 19.1 Å². The van der Waals surface area contributed by atoms with Gasteiger partial charge in [-0.05, 0) is 6.92 Å². The number of ether oxygens (including phenoxy) is 1. The number of nitrogens with one attached hydrogen (secondary N) is 1. The molecule has 1 saturated heterocycles. The molecule has 13 heavy (non-hydrogen) atoms. The fourth-order valence-corrected chi connectivity index (χ4v) is 1.15. The van der Waals surface area contributed by atoms with E-state index in [4.69, 9.17) is 5.11 Å². The molecule has 1 aliphatic heterocycles. The normalized spacial score (nSPS) is 23.8. The van der Waals surface area contributed by atoms with Crippen LogP contribution in [0.3, 0.4) is 0 Å². The molecular formula is C8H13NO4. The molecule has 0 bridgehead atoms. The zero-order valence-electron chi connectivity index (χ0n) is 7.45. The van der Waals surface area contributed by atoms with Crippen molar-refractivity contribution in [3.63, 3.8) is 0 Å². The fraction of sp³-hybridized carbons (Fsp3) is 0.750. The van der Waals surface area contributed by atoms with Crippen LogP contribution >= 0.6 is 0 Å². The molecule has 0 aliphatic carbocycles. The minimum absolute atomic E-state index is 0.0176. The van der Waals surface area contributed by atoms with Crippen molar-refractivity contribution in [2.24, 2.45) is 0 Å². The summed E-state index contributed by atoms with van der Waals surface area (Å²) in [4.78, 5) is 22.0. The van der Waals surface area contributed by atoms with Crippen LogP contribution < -0.4 is 5.32 Å². The van der Waals surface area contributed by atoms with Gasteiger partial charge in [0.1, 0.15) is 6.04 Å². The van der Waals surface area contributed by atoms with Gasteiger partial charge in [-0.3, -0.25) is 4.79 Å². The Bertz CT molecular complexity index is 214. The second-order valence-electron chi connectivity index (χ2n) is 3.13. The first kappa shape index (κ1) is 9.98. The maximum Gasteiger partial charge on any atom is 0.328 e. The number of carbonyl (C=O) groups is 2. The van der Waals surface area contributed by atoms with Gasteiger partial charge in [0, 0.05) is 6.42 Å². The monoisotopic (exact) mass is 187 g/mol. The summed E-state index contributed by atoms with van der Waals surface area (Å²) in [5.41, 5.74) is 0. The van der Waals surface area contributed by atoms with Crippen LogP contribution in [0.2, 0.25) is 0 Å². The topological polar surface area (TPSA) is 75.6 Å². The third-order valence-electron chi connectivity index (χ3n) is 1.75. The number of cyclic esters (lactones) is 1. The first-order valence-electron chi connectivity index (χ1n) is 4.23. The fourth-order valence-electron chi connectivity index (χ4n) is 1.15. The van der Waals surface area contributed by atoms with Crippen LogP contribution in [0.5, 0.6) is 0 Å². The summed E-state index contributed by atoms with van der Waals surface area (Å²) >= 11 is 0. The highest BCUT2D eigenvalue weighted by Crippen LogP contribution is 2.05. The number of rotatable bonds is 3. The Kier molecular flexibility index (Phi) is 3.25. The molecule has 5 heteroatoms. The van der Waals surface area contributed by atoms with Crippen molar-refractivity contribution in [3.8, 4) is 0 Å². The molecule has 74 valence electrons. The van der Waals surface area contributed by atoms with Crippen molar-refractivity contribution >= 4 is 11.9 Å². The lowest BCUT2D eigenvalue weighted by Gasteiger charge is -2.09. The lowest BCUT2D eigenvalue weighted by molar-refractivity contribution is -0.141. The van der Waals surface area contributed by atoms with Crippen LogP contribution in [-0.4, -0.2) is 35.7 Å². The Balaban J connectivity index is 2.31. The van der Waals surface area contributed by atoms with Crippen LogP contribution in [0.25, 0.3) is 0 Å². The quantitative estimate of drug-likeness (QED) is 0.566. The van der Waals surface area contributed by atoms with Crippen molar-refractivity contribution < 1.29 is 19.4 Å². The standard InChI is InChI=1S/C8H13NO4/c1-5(10)4-7(11)9-6-2-3-13-8(6)12/h5-6,10H,2-4H2,1H3,(H,9,11). The Morgan fingerprint density at radius 3 is 3.00 bits per heavy atom. The van der Waals surface area contributed by atoms with Crippen LogP contribution in [0, 0.1) is 0 Å². The molecule has 0 saturated carbocycles. The first-order valence-corrected chi connectivity index (χ1v) is 4.23. The molecule has 0 aromatic carbocycles. The second-order valence-corrected chi connectivity index (χ2v) is 3.13. The third-order valence-corrected chi connectivity index (χ3v) is 1.75. The SMILES string of the molecule is CC(O)CC(=O)NC1CCOC1=O. The van der Waals surface area contributed by atoms with Gasteiger partial charge in [-0.2, -0.15) is 0 Å². The summed E-state index contributed by atoms with van der Waals surface area (Å²) in [5, 5.41) is 11.4. The third kappa shape index (κ3) is 3.02. The van der Waals surface area contributed by atoms with E-state index in [1.807, 2.05) is 0 Å². The van der Waals surface area contributed by atoms with Crippen LogP contribution in [0.4, 0.5) is 0 Å². The van der Waals surface area contributed by atoms with Crippen molar-refractivity contribution in [1.29, 1.82) is 0 Å². The highest BCUT2D eigenvalue weighted by Gasteiger charge is 2.27. The van der Waals surface area contributed by atoms with Gasteiger partial charge in [0.2, 0.25) is 5.91 Å². The van der Waals surface area contributed by atoms with Gasteiger partial charge in [0.25, 0.3) is 0 Å². The van der Waals surface area contributed by atoms with Crippen molar-refractivity contribution in [2.45, 2.75) is 31.9 Å². The van der Waals surface area contributed by atoms with E-state index in [0.717, 1.165) is 0 Å². The number of esters is 1. The van der Waals surface area contributed by atoms with E-state index in [9.17, 15) is 9.59 Å². The molecule has 0 radical (unpaired) electrons. The van der Waals surface area contributed by atoms with Crippen LogP contribution in [0.15, 0.2) is 0 Å². The minimum Gasteiger partial charge on any atom is -0.464 e. The number of hydrogen-bond acceptors (Lipinski definition) is 4. The Morgan fingerprint density at radius 1 is 1.85 bits per heavy atom. The average Bonchev–Trinajstić information content (AvgIpc) is 2.34. The predicted molar refractivity (Wildman–Crippen MR) is 43.8 cm³/mol. The van der Waals surface area contributed by atoms with Gasteiger partial charge < -0.3 is 15.2 Å². The Labute approximate surface area is 76.1 Å². The van der Waals surface area contributed by atoms with Gasteiger partial charge in [-0.25, -0.2) is 4.79 Å². The van der Waals surface area contributed by atoms with Crippen LogP contribution in [-0.2, 0) is 14.3 Å². The largest absolute Gasteiger partial charge is 0.464 e. The summed E-state index contributed by atoms with van der Waals surface area (Å²) in [7, 11) is 0. The van der Waals surface area contributed by atoms with E-state index in [-0.39, 0.29) is 18.3 Å². The molecule has 0 aromatic rings. The van der Waals surface area contributed by atoms with Gasteiger partial charge in [-0.1, -0.05) is 0 Å². The summed E-state index contributed by atoms with van der Waals surface area (Å²) in [5.74, 6) is -0.710. The maximum absolute atomic E-state index is 11.1. The molecule has 2 N–H and O–H groups in total. The second kappa shape index (κ2) is 4.23. The van der Waals surface area contributed by atoms with E-state index in [0.29, 0.717) is 13.0 Å². The van der Waals surface area contributed by atoms with E-state index in [1.54, 1.807) is 0 Å². The van der Waals surface area contributed by atoms with Crippen LogP contribution in [0.1, 0.15) is 19.8 Å². The van der Waals surface area contributed by atoms with Crippen molar-refractivity contribution in [1.82, 2.24) is 5.32 Å². The molecule has 0 spiro atoms. The van der Waals surface area contributed by atoms with Gasteiger partial charge >= 0.3 is 5.97 Å². The summed E-state index contributed by atoms with van der Waals surface area (Å²) < 4.78 is 4.66. The Morgan fingerprint density at radius 2 is 2.54 bits per heavy atom. The molecule has 1 amide bonds. The molecule has 1 aliphatic rings. The lowest BCUT2D eigenvalue weighted by Crippen LogP contribution is -2.39. The van der Waals surface area contributed by atoms with E-state index >= 15 is 0 Å². The predicted octanol–water partition coefficient (Wildman–Crippen LogP) is -0.811. The van der Waals surface area contributed by atoms with E-state index < -0.39 is 12.1 Å². The highest BCUT2D eigenvalue weighted by molar-refractivity contribution is 5.85. The zero-order valence-corrected chi connectivity index (χ0v) is 7.45. The van der Waals surface area contributed by atoms with E-state index in [1.165, 1.54) is 6.92 Å².